The fraction of sp³-hybridized carbons (Fsp3) is 0.250. The van der Waals surface area contributed by atoms with Crippen LogP contribution in [0.5, 0.6) is 5.88 Å². The molecule has 3 nitrogen and oxygen atoms in total. The van der Waals surface area contributed by atoms with Crippen LogP contribution >= 0.6 is 0 Å². The Balaban J connectivity index is 3.15. The molecule has 1 aromatic heterocycles. The monoisotopic (exact) mass is 148 g/mol. The Morgan fingerprint density at radius 2 is 2.36 bits per heavy atom. The van der Waals surface area contributed by atoms with Gasteiger partial charge in [-0.15, -0.1) is 0 Å². The number of nitrogens with zero attached hydrogens (tertiary/aromatic N) is 2. The van der Waals surface area contributed by atoms with E-state index in [4.69, 9.17) is 10.00 Å². The second kappa shape index (κ2) is 3.02. The van der Waals surface area contributed by atoms with Gasteiger partial charge in [-0.25, -0.2) is 4.98 Å². The van der Waals surface area contributed by atoms with E-state index < -0.39 is 0 Å². The van der Waals surface area contributed by atoms with E-state index >= 15 is 0 Å². The third-order valence-electron chi connectivity index (χ3n) is 1.41. The van der Waals surface area contributed by atoms with Crippen LogP contribution in [0.15, 0.2) is 12.3 Å². The van der Waals surface area contributed by atoms with Gasteiger partial charge in [0.15, 0.2) is 0 Å². The summed E-state index contributed by atoms with van der Waals surface area (Å²) in [6.07, 6.45) is 1.62. The summed E-state index contributed by atoms with van der Waals surface area (Å²) in [5.74, 6) is 0.479. The van der Waals surface area contributed by atoms with Gasteiger partial charge in [0.2, 0.25) is 5.88 Å². The molecular formula is C8H8N2O. The third-order valence-corrected chi connectivity index (χ3v) is 1.41. The van der Waals surface area contributed by atoms with E-state index in [-0.39, 0.29) is 0 Å². The first-order chi connectivity index (χ1) is 5.27. The Kier molecular flexibility index (Phi) is 2.07. The lowest BCUT2D eigenvalue weighted by molar-refractivity contribution is 0.397. The number of ether oxygens (including phenoxy) is 1. The molecule has 0 amide bonds. The van der Waals surface area contributed by atoms with Crippen molar-refractivity contribution in [3.8, 4) is 11.9 Å². The van der Waals surface area contributed by atoms with Gasteiger partial charge in [0.25, 0.3) is 0 Å². The second-order valence-electron chi connectivity index (χ2n) is 2.15. The van der Waals surface area contributed by atoms with Gasteiger partial charge in [0, 0.05) is 12.3 Å². The summed E-state index contributed by atoms with van der Waals surface area (Å²) < 4.78 is 4.85. The predicted molar refractivity (Wildman–Crippen MR) is 40.2 cm³/mol. The van der Waals surface area contributed by atoms with Crippen LogP contribution in [0.3, 0.4) is 0 Å². The van der Waals surface area contributed by atoms with Crippen molar-refractivity contribution in [2.75, 3.05) is 7.11 Å². The van der Waals surface area contributed by atoms with Gasteiger partial charge in [-0.2, -0.15) is 5.26 Å². The van der Waals surface area contributed by atoms with Crippen molar-refractivity contribution in [1.29, 1.82) is 5.26 Å². The van der Waals surface area contributed by atoms with E-state index in [0.717, 1.165) is 5.56 Å². The van der Waals surface area contributed by atoms with Crippen LogP contribution in [0.25, 0.3) is 0 Å². The van der Waals surface area contributed by atoms with Crippen LogP contribution in [-0.4, -0.2) is 12.1 Å². The lowest BCUT2D eigenvalue weighted by Gasteiger charge is -1.99. The largest absolute Gasteiger partial charge is 0.481 e. The quantitative estimate of drug-likeness (QED) is 0.602. The van der Waals surface area contributed by atoms with Crippen LogP contribution in [0.1, 0.15) is 11.1 Å². The minimum Gasteiger partial charge on any atom is -0.481 e. The molecule has 0 unspecified atom stereocenters. The topological polar surface area (TPSA) is 45.9 Å². The van der Waals surface area contributed by atoms with E-state index in [0.29, 0.717) is 11.4 Å². The minimum absolute atomic E-state index is 0.479. The average Bonchev–Trinajstić information content (AvgIpc) is 2.05. The van der Waals surface area contributed by atoms with Crippen molar-refractivity contribution in [3.05, 3.63) is 23.4 Å². The van der Waals surface area contributed by atoms with E-state index in [1.807, 2.05) is 13.0 Å². The molecule has 3 heteroatoms. The average molecular weight is 148 g/mol. The number of hydrogen-bond donors (Lipinski definition) is 0. The van der Waals surface area contributed by atoms with Gasteiger partial charge in [-0.05, 0) is 12.5 Å². The Hall–Kier alpha value is -1.56. The molecule has 1 rings (SSSR count). The van der Waals surface area contributed by atoms with Gasteiger partial charge in [0.1, 0.15) is 0 Å². The molecule has 0 spiro atoms. The van der Waals surface area contributed by atoms with Gasteiger partial charge in [0.05, 0.1) is 18.7 Å². The molecule has 11 heavy (non-hydrogen) atoms. The van der Waals surface area contributed by atoms with Crippen molar-refractivity contribution in [2.45, 2.75) is 6.92 Å². The normalized spacial score (nSPS) is 8.82. The maximum atomic E-state index is 8.61. The number of aryl methyl sites for hydroxylation is 1. The molecule has 0 aromatic carbocycles. The molecule has 0 aliphatic heterocycles. The van der Waals surface area contributed by atoms with Crippen LogP contribution in [0.4, 0.5) is 0 Å². The summed E-state index contributed by atoms with van der Waals surface area (Å²) >= 11 is 0. The highest BCUT2D eigenvalue weighted by molar-refractivity contribution is 5.37. The van der Waals surface area contributed by atoms with E-state index in [1.54, 1.807) is 12.3 Å². The van der Waals surface area contributed by atoms with E-state index in [1.165, 1.54) is 7.11 Å². The zero-order valence-corrected chi connectivity index (χ0v) is 6.46. The second-order valence-corrected chi connectivity index (χ2v) is 2.15. The summed E-state index contributed by atoms with van der Waals surface area (Å²) in [5.41, 5.74) is 1.48. The Labute approximate surface area is 65.3 Å². The van der Waals surface area contributed by atoms with Crippen LogP contribution in [0, 0.1) is 18.3 Å². The Bertz CT molecular complexity index is 301. The Morgan fingerprint density at radius 3 is 2.91 bits per heavy atom. The molecule has 0 atom stereocenters. The molecular weight excluding hydrogens is 140 g/mol. The van der Waals surface area contributed by atoms with Crippen molar-refractivity contribution in [3.63, 3.8) is 0 Å². The predicted octanol–water partition coefficient (Wildman–Crippen LogP) is 1.27. The SMILES string of the molecule is COc1cc(C#N)c(C)cn1. The molecule has 0 radical (unpaired) electrons. The van der Waals surface area contributed by atoms with Crippen molar-refractivity contribution in [2.24, 2.45) is 0 Å². The maximum absolute atomic E-state index is 8.61. The molecule has 0 saturated heterocycles. The highest BCUT2D eigenvalue weighted by Crippen LogP contribution is 2.11. The van der Waals surface area contributed by atoms with Crippen molar-refractivity contribution >= 4 is 0 Å². The number of aromatic nitrogens is 1. The first-order valence-corrected chi connectivity index (χ1v) is 3.18. The summed E-state index contributed by atoms with van der Waals surface area (Å²) in [5, 5.41) is 8.61. The molecule has 1 heterocycles. The highest BCUT2D eigenvalue weighted by Gasteiger charge is 1.99. The Morgan fingerprint density at radius 1 is 1.64 bits per heavy atom. The highest BCUT2D eigenvalue weighted by atomic mass is 16.5. The first-order valence-electron chi connectivity index (χ1n) is 3.18. The van der Waals surface area contributed by atoms with Gasteiger partial charge >= 0.3 is 0 Å². The zero-order chi connectivity index (χ0) is 8.27. The van der Waals surface area contributed by atoms with E-state index in [9.17, 15) is 0 Å². The molecule has 0 bridgehead atoms. The number of rotatable bonds is 1. The summed E-state index contributed by atoms with van der Waals surface area (Å²) in [6, 6.07) is 3.67. The standard InChI is InChI=1S/C8H8N2O/c1-6-5-10-8(11-2)3-7(6)4-9/h3,5H,1-2H3. The lowest BCUT2D eigenvalue weighted by Crippen LogP contribution is -1.90. The van der Waals surface area contributed by atoms with Crippen molar-refractivity contribution < 1.29 is 4.74 Å². The summed E-state index contributed by atoms with van der Waals surface area (Å²) in [4.78, 5) is 3.93. The molecule has 0 N–H and O–H groups in total. The van der Waals surface area contributed by atoms with Crippen LogP contribution < -0.4 is 4.74 Å². The number of pyridine rings is 1. The molecule has 0 saturated carbocycles. The summed E-state index contributed by atoms with van der Waals surface area (Å²) in [7, 11) is 1.53. The number of methoxy groups -OCH3 is 1. The van der Waals surface area contributed by atoms with Crippen molar-refractivity contribution in [1.82, 2.24) is 4.98 Å². The van der Waals surface area contributed by atoms with Gasteiger partial charge in [-0.3, -0.25) is 0 Å². The smallest absolute Gasteiger partial charge is 0.214 e. The maximum Gasteiger partial charge on any atom is 0.214 e. The molecule has 56 valence electrons. The fourth-order valence-electron chi connectivity index (χ4n) is 0.737. The number of nitriles is 1. The van der Waals surface area contributed by atoms with Crippen LogP contribution in [0.2, 0.25) is 0 Å². The lowest BCUT2D eigenvalue weighted by atomic mass is 10.2. The summed E-state index contributed by atoms with van der Waals surface area (Å²) in [6.45, 7) is 1.84. The van der Waals surface area contributed by atoms with Crippen LogP contribution in [-0.2, 0) is 0 Å². The number of hydrogen-bond acceptors (Lipinski definition) is 3. The fourth-order valence-corrected chi connectivity index (χ4v) is 0.737. The molecule has 0 aliphatic rings. The minimum atomic E-state index is 0.479. The molecule has 1 aromatic rings. The zero-order valence-electron chi connectivity index (χ0n) is 6.46. The van der Waals surface area contributed by atoms with Gasteiger partial charge in [-0.1, -0.05) is 0 Å². The first kappa shape index (κ1) is 7.55. The molecule has 0 fully saturated rings. The van der Waals surface area contributed by atoms with Gasteiger partial charge < -0.3 is 4.74 Å². The third kappa shape index (κ3) is 1.47. The molecule has 0 aliphatic carbocycles. The van der Waals surface area contributed by atoms with E-state index in [2.05, 4.69) is 4.98 Å².